The zero-order valence-corrected chi connectivity index (χ0v) is 16.3. The van der Waals surface area contributed by atoms with E-state index in [-0.39, 0.29) is 5.91 Å². The van der Waals surface area contributed by atoms with Gasteiger partial charge in [0.05, 0.1) is 17.3 Å². The number of hydrogen-bond donors (Lipinski definition) is 0. The van der Waals surface area contributed by atoms with Crippen LogP contribution in [0.4, 0.5) is 5.13 Å². The Kier molecular flexibility index (Phi) is 5.54. The summed E-state index contributed by atoms with van der Waals surface area (Å²) in [5.74, 6) is 0.737. The molecule has 0 atom stereocenters. The number of nitrogens with zero attached hydrogens (tertiary/aromatic N) is 3. The van der Waals surface area contributed by atoms with Crippen LogP contribution in [-0.4, -0.2) is 50.1 Å². The maximum Gasteiger partial charge on any atom is 0.260 e. The number of anilines is 1. The summed E-state index contributed by atoms with van der Waals surface area (Å²) < 4.78 is 6.31. The first-order valence-corrected chi connectivity index (χ1v) is 9.27. The molecule has 0 radical (unpaired) electrons. The number of hydrogen-bond acceptors (Lipinski definition) is 5. The average molecular weight is 369 g/mol. The monoisotopic (exact) mass is 369 g/mol. The van der Waals surface area contributed by atoms with Crippen LogP contribution in [0.3, 0.4) is 0 Å². The second-order valence-electron chi connectivity index (χ2n) is 6.46. The largest absolute Gasteiger partial charge is 0.497 e. The molecule has 0 aliphatic heterocycles. The van der Waals surface area contributed by atoms with Crippen molar-refractivity contribution in [2.75, 3.05) is 39.2 Å². The molecule has 0 unspecified atom stereocenters. The molecular weight excluding hydrogens is 346 g/mol. The van der Waals surface area contributed by atoms with Crippen LogP contribution in [0.1, 0.15) is 15.9 Å². The number of aromatic nitrogens is 1. The minimum absolute atomic E-state index is 0.0263. The fraction of sp³-hybridized carbons (Fsp3) is 0.300. The van der Waals surface area contributed by atoms with Crippen LogP contribution in [0.2, 0.25) is 0 Å². The minimum atomic E-state index is -0.0263. The van der Waals surface area contributed by atoms with Gasteiger partial charge in [-0.25, -0.2) is 4.98 Å². The Morgan fingerprint density at radius 2 is 1.96 bits per heavy atom. The van der Waals surface area contributed by atoms with Gasteiger partial charge in [0.15, 0.2) is 5.13 Å². The number of thiazole rings is 1. The summed E-state index contributed by atoms with van der Waals surface area (Å²) in [6.07, 6.45) is 0. The molecule has 1 aromatic heterocycles. The Morgan fingerprint density at radius 1 is 1.15 bits per heavy atom. The predicted octanol–water partition coefficient (Wildman–Crippen LogP) is 3.82. The Hall–Kier alpha value is -2.44. The van der Waals surface area contributed by atoms with E-state index in [0.717, 1.165) is 28.1 Å². The van der Waals surface area contributed by atoms with Crippen LogP contribution in [0.15, 0.2) is 42.5 Å². The molecule has 0 bridgehead atoms. The van der Waals surface area contributed by atoms with E-state index in [4.69, 9.17) is 9.72 Å². The van der Waals surface area contributed by atoms with E-state index in [2.05, 4.69) is 4.90 Å². The van der Waals surface area contributed by atoms with Crippen LogP contribution in [-0.2, 0) is 0 Å². The summed E-state index contributed by atoms with van der Waals surface area (Å²) in [5, 5.41) is 0.710. The van der Waals surface area contributed by atoms with E-state index in [1.54, 1.807) is 12.0 Å². The molecule has 1 amide bonds. The van der Waals surface area contributed by atoms with Crippen LogP contribution in [0.5, 0.6) is 5.75 Å². The number of carbonyl (C=O) groups excluding carboxylic acids is 1. The first-order valence-electron chi connectivity index (χ1n) is 8.46. The highest BCUT2D eigenvalue weighted by atomic mass is 32.1. The summed E-state index contributed by atoms with van der Waals surface area (Å²) in [7, 11) is 5.64. The van der Waals surface area contributed by atoms with E-state index in [0.29, 0.717) is 17.2 Å². The molecular formula is C20H23N3O2S. The number of carbonyl (C=O) groups is 1. The molecule has 0 aliphatic rings. The molecule has 0 aliphatic carbocycles. The van der Waals surface area contributed by atoms with Gasteiger partial charge in [0.2, 0.25) is 0 Å². The number of amides is 1. The third-order valence-corrected chi connectivity index (χ3v) is 5.15. The third kappa shape index (κ3) is 4.03. The quantitative estimate of drug-likeness (QED) is 0.663. The standard InChI is InChI=1S/C20H23N3O2S/c1-14-6-5-7-15(12-14)19(24)23(11-10-22(2)3)20-21-17-13-16(25-4)8-9-18(17)26-20/h5-9,12-13H,10-11H2,1-4H3. The molecule has 0 spiro atoms. The van der Waals surface area contributed by atoms with Gasteiger partial charge in [0, 0.05) is 24.7 Å². The number of rotatable bonds is 6. The second-order valence-corrected chi connectivity index (χ2v) is 7.47. The molecule has 26 heavy (non-hydrogen) atoms. The molecule has 136 valence electrons. The zero-order valence-electron chi connectivity index (χ0n) is 15.5. The number of aryl methyl sites for hydroxylation is 1. The molecule has 6 heteroatoms. The molecule has 0 saturated carbocycles. The SMILES string of the molecule is COc1ccc2sc(N(CCN(C)C)C(=O)c3cccc(C)c3)nc2c1. The maximum absolute atomic E-state index is 13.2. The van der Waals surface area contributed by atoms with Gasteiger partial charge in [-0.3, -0.25) is 9.69 Å². The zero-order chi connectivity index (χ0) is 18.7. The number of likely N-dealkylation sites (N-methyl/N-ethyl adjacent to an activating group) is 1. The number of fused-ring (bicyclic) bond motifs is 1. The van der Waals surface area contributed by atoms with Crippen LogP contribution in [0, 0.1) is 6.92 Å². The van der Waals surface area contributed by atoms with Gasteiger partial charge in [-0.15, -0.1) is 0 Å². The lowest BCUT2D eigenvalue weighted by molar-refractivity contribution is 0.0985. The van der Waals surface area contributed by atoms with E-state index in [9.17, 15) is 4.79 Å². The highest BCUT2D eigenvalue weighted by molar-refractivity contribution is 7.22. The summed E-state index contributed by atoms with van der Waals surface area (Å²) in [4.78, 5) is 21.7. The minimum Gasteiger partial charge on any atom is -0.497 e. The second kappa shape index (κ2) is 7.85. The van der Waals surface area contributed by atoms with Crippen LogP contribution in [0.25, 0.3) is 10.2 Å². The summed E-state index contributed by atoms with van der Waals surface area (Å²) in [6, 6.07) is 13.5. The van der Waals surface area contributed by atoms with Gasteiger partial charge < -0.3 is 9.64 Å². The smallest absolute Gasteiger partial charge is 0.260 e. The van der Waals surface area contributed by atoms with E-state index < -0.39 is 0 Å². The number of ether oxygens (including phenoxy) is 1. The topological polar surface area (TPSA) is 45.7 Å². The lowest BCUT2D eigenvalue weighted by Crippen LogP contribution is -2.36. The Balaban J connectivity index is 1.98. The van der Waals surface area contributed by atoms with Crippen molar-refractivity contribution in [2.24, 2.45) is 0 Å². The maximum atomic E-state index is 13.2. The van der Waals surface area contributed by atoms with E-state index >= 15 is 0 Å². The molecule has 0 N–H and O–H groups in total. The molecule has 5 nitrogen and oxygen atoms in total. The van der Waals surface area contributed by atoms with Crippen molar-refractivity contribution in [1.82, 2.24) is 9.88 Å². The molecule has 0 fully saturated rings. The fourth-order valence-corrected chi connectivity index (χ4v) is 3.63. The lowest BCUT2D eigenvalue weighted by atomic mass is 10.1. The molecule has 1 heterocycles. The summed E-state index contributed by atoms with van der Waals surface area (Å²) >= 11 is 1.52. The van der Waals surface area contributed by atoms with Gasteiger partial charge in [0.25, 0.3) is 5.91 Å². The molecule has 0 saturated heterocycles. The first-order chi connectivity index (χ1) is 12.5. The molecule has 3 rings (SSSR count). The van der Waals surface area contributed by atoms with E-state index in [1.165, 1.54) is 11.3 Å². The average Bonchev–Trinajstić information content (AvgIpc) is 3.04. The van der Waals surface area contributed by atoms with Crippen molar-refractivity contribution in [3.63, 3.8) is 0 Å². The summed E-state index contributed by atoms with van der Waals surface area (Å²) in [6.45, 7) is 3.33. The van der Waals surface area contributed by atoms with Crippen LogP contribution < -0.4 is 9.64 Å². The van der Waals surface area contributed by atoms with Gasteiger partial charge in [0.1, 0.15) is 5.75 Å². The van der Waals surface area contributed by atoms with Crippen molar-refractivity contribution in [3.05, 3.63) is 53.6 Å². The van der Waals surface area contributed by atoms with Crippen molar-refractivity contribution in [2.45, 2.75) is 6.92 Å². The number of methoxy groups -OCH3 is 1. The van der Waals surface area contributed by atoms with Crippen molar-refractivity contribution in [3.8, 4) is 5.75 Å². The van der Waals surface area contributed by atoms with Crippen molar-refractivity contribution in [1.29, 1.82) is 0 Å². The van der Waals surface area contributed by atoms with Crippen molar-refractivity contribution < 1.29 is 9.53 Å². The van der Waals surface area contributed by atoms with Gasteiger partial charge in [-0.2, -0.15) is 0 Å². The van der Waals surface area contributed by atoms with Gasteiger partial charge in [-0.1, -0.05) is 29.0 Å². The normalized spacial score (nSPS) is 11.1. The lowest BCUT2D eigenvalue weighted by Gasteiger charge is -2.22. The fourth-order valence-electron chi connectivity index (χ4n) is 2.66. The summed E-state index contributed by atoms with van der Waals surface area (Å²) in [5.41, 5.74) is 2.59. The Morgan fingerprint density at radius 3 is 2.65 bits per heavy atom. The van der Waals surface area contributed by atoms with Gasteiger partial charge in [-0.05, 0) is 45.3 Å². The van der Waals surface area contributed by atoms with Gasteiger partial charge >= 0.3 is 0 Å². The molecule has 2 aromatic carbocycles. The van der Waals surface area contributed by atoms with E-state index in [1.807, 2.05) is 63.5 Å². The highest BCUT2D eigenvalue weighted by Crippen LogP contribution is 2.32. The first kappa shape index (κ1) is 18.4. The number of benzene rings is 2. The van der Waals surface area contributed by atoms with Crippen LogP contribution >= 0.6 is 11.3 Å². The molecule has 3 aromatic rings. The predicted molar refractivity (Wildman–Crippen MR) is 108 cm³/mol. The Bertz CT molecular complexity index is 920. The third-order valence-electron chi connectivity index (χ3n) is 4.10. The van der Waals surface area contributed by atoms with Crippen molar-refractivity contribution >= 4 is 32.6 Å². The highest BCUT2D eigenvalue weighted by Gasteiger charge is 2.21. The Labute approximate surface area is 157 Å².